The summed E-state index contributed by atoms with van der Waals surface area (Å²) in [6, 6.07) is 9.72. The number of amides is 2. The molecule has 0 aliphatic heterocycles. The van der Waals surface area contributed by atoms with Crippen molar-refractivity contribution in [3.8, 4) is 0 Å². The molecule has 4 atom stereocenters. The van der Waals surface area contributed by atoms with Crippen LogP contribution in [0.15, 0.2) is 70.8 Å². The third-order valence-electron chi connectivity index (χ3n) is 8.45. The zero-order valence-electron chi connectivity index (χ0n) is 29.7. The minimum absolute atomic E-state index is 0.0714. The smallest absolute Gasteiger partial charge is 0.411 e. The first kappa shape index (κ1) is 43.6. The number of hydrogen-bond donors (Lipinski definition) is 4. The molecule has 2 aromatic carbocycles. The van der Waals surface area contributed by atoms with Crippen LogP contribution in [-0.2, 0) is 9.53 Å². The second-order valence-corrected chi connectivity index (χ2v) is 12.4. The fourth-order valence-corrected chi connectivity index (χ4v) is 6.20. The lowest BCUT2D eigenvalue weighted by Gasteiger charge is -2.46. The molecular weight excluding hydrogens is 706 g/mol. The third-order valence-corrected chi connectivity index (χ3v) is 8.77. The van der Waals surface area contributed by atoms with E-state index in [0.717, 1.165) is 11.2 Å². The van der Waals surface area contributed by atoms with E-state index in [4.69, 9.17) is 33.3 Å². The Labute approximate surface area is 307 Å². The lowest BCUT2D eigenvalue weighted by molar-refractivity contribution is -0.143. The predicted octanol–water partition coefficient (Wildman–Crippen LogP) is 7.98. The van der Waals surface area contributed by atoms with Gasteiger partial charge in [0.05, 0.1) is 16.8 Å². The Bertz CT molecular complexity index is 1540. The number of hydrazone groups is 1. The molecule has 6 N–H and O–H groups in total. The Kier molecular flexibility index (Phi) is 17.7. The molecule has 0 aliphatic rings. The standard InChI is InChI=1S/C35H48ClF4N9O3/c1-6-9-19-35(4,29(14-8-3)48(43)31(37)38)25(13-7-2)30(50)47(33(41)42)28(21-52-34(51)46-24-15-11-10-12-16-24)23-17-18-26(36)27(20-23)49(32(39)40)45-22-44-5/h9-12,15-20,22,25,28-29,31-32H,5-8,13-14,21,43H2,1-4H3,(H3,41,42)(H,46,51)/b19-9-,45-22-/t25-,28?,29?,35-/m0/s1. The Morgan fingerprint density at radius 3 is 2.27 bits per heavy atom. The van der Waals surface area contributed by atoms with Crippen LogP contribution in [0.25, 0.3) is 0 Å². The molecule has 12 nitrogen and oxygen atoms in total. The summed E-state index contributed by atoms with van der Waals surface area (Å²) in [5.41, 5.74) is 4.94. The average Bonchev–Trinajstić information content (AvgIpc) is 3.10. The van der Waals surface area contributed by atoms with E-state index in [2.05, 4.69) is 22.1 Å². The topological polar surface area (TPSA) is 166 Å². The van der Waals surface area contributed by atoms with Gasteiger partial charge in [-0.15, -0.1) is 0 Å². The first-order valence-electron chi connectivity index (χ1n) is 16.7. The molecule has 2 unspecified atom stereocenters. The van der Waals surface area contributed by atoms with Crippen LogP contribution in [0.2, 0.25) is 5.02 Å². The number of carbonyl (C=O) groups excluding carboxylic acids is 2. The van der Waals surface area contributed by atoms with Crippen LogP contribution < -0.4 is 21.9 Å². The number of allylic oxidation sites excluding steroid dienone is 1. The minimum atomic E-state index is -3.20. The van der Waals surface area contributed by atoms with Gasteiger partial charge in [-0.25, -0.2) is 9.80 Å². The van der Waals surface area contributed by atoms with Crippen molar-refractivity contribution in [2.75, 3.05) is 16.9 Å². The molecule has 0 radical (unpaired) electrons. The summed E-state index contributed by atoms with van der Waals surface area (Å²) in [6.45, 7) is 3.43. The zero-order valence-corrected chi connectivity index (χ0v) is 30.4. The highest BCUT2D eigenvalue weighted by Gasteiger charge is 2.48. The number of alkyl halides is 4. The molecule has 17 heteroatoms. The van der Waals surface area contributed by atoms with E-state index in [1.165, 1.54) is 18.2 Å². The number of nitrogens with one attached hydrogen (secondary N) is 2. The number of halogens is 5. The van der Waals surface area contributed by atoms with Gasteiger partial charge in [0.1, 0.15) is 12.9 Å². The molecule has 0 spiro atoms. The number of aliphatic imine (C=N–C) groups is 1. The maximum atomic E-state index is 14.9. The number of carbonyl (C=O) groups is 2. The normalized spacial score (nSPS) is 14.7. The van der Waals surface area contributed by atoms with Crippen LogP contribution in [0.1, 0.15) is 71.4 Å². The van der Waals surface area contributed by atoms with Crippen molar-refractivity contribution in [1.29, 1.82) is 5.41 Å². The molecule has 2 aromatic rings. The van der Waals surface area contributed by atoms with Crippen molar-refractivity contribution in [3.63, 3.8) is 0 Å². The number of nitrogens with zero attached hydrogens (tertiary/aromatic N) is 5. The van der Waals surface area contributed by atoms with E-state index in [9.17, 15) is 27.2 Å². The number of anilines is 2. The highest BCUT2D eigenvalue weighted by molar-refractivity contribution is 6.33. The lowest BCUT2D eigenvalue weighted by Crippen LogP contribution is -2.58. The van der Waals surface area contributed by atoms with Crippen LogP contribution in [0.5, 0.6) is 0 Å². The monoisotopic (exact) mass is 753 g/mol. The molecule has 0 saturated carbocycles. The summed E-state index contributed by atoms with van der Waals surface area (Å²) >= 11 is 6.34. The largest absolute Gasteiger partial charge is 0.447 e. The maximum absolute atomic E-state index is 14.9. The van der Waals surface area contributed by atoms with Crippen molar-refractivity contribution >= 4 is 54.0 Å². The van der Waals surface area contributed by atoms with Gasteiger partial charge in [-0.1, -0.05) is 88.6 Å². The second kappa shape index (κ2) is 21.1. The molecule has 52 heavy (non-hydrogen) atoms. The van der Waals surface area contributed by atoms with Crippen molar-refractivity contribution in [3.05, 3.63) is 71.3 Å². The zero-order chi connectivity index (χ0) is 39.0. The van der Waals surface area contributed by atoms with E-state index in [0.29, 0.717) is 30.0 Å². The average molecular weight is 754 g/mol. The highest BCUT2D eigenvalue weighted by atomic mass is 35.5. The Hall–Kier alpha value is -4.54. The van der Waals surface area contributed by atoms with Crippen molar-refractivity contribution in [2.24, 2.45) is 33.0 Å². The van der Waals surface area contributed by atoms with Gasteiger partial charge >= 0.3 is 19.2 Å². The van der Waals surface area contributed by atoms with Crippen LogP contribution in [0, 0.1) is 16.7 Å². The van der Waals surface area contributed by atoms with E-state index in [-0.39, 0.29) is 34.1 Å². The summed E-state index contributed by atoms with van der Waals surface area (Å²) in [4.78, 5) is 32.2. The Balaban J connectivity index is 2.84. The molecule has 0 aliphatic carbocycles. The molecular formula is C35H48ClF4N9O3. The number of guanidine groups is 1. The molecule has 0 fully saturated rings. The van der Waals surface area contributed by atoms with Crippen molar-refractivity contribution in [1.82, 2.24) is 9.91 Å². The number of hydrogen-bond acceptors (Lipinski definition) is 8. The SMILES string of the molecule is C=N/C=N\N(c1cc(C(COC(=O)Nc2ccccc2)N(C(=N)N)C(=O)[C@H](CCC)[C@](C)(/C=C\CC)C(CCC)N(N)C(F)F)ccc1Cl)C(F)F. The van der Waals surface area contributed by atoms with Crippen LogP contribution in [0.4, 0.5) is 33.7 Å². The molecule has 2 rings (SSSR count). The van der Waals surface area contributed by atoms with Crippen LogP contribution in [0.3, 0.4) is 0 Å². The summed E-state index contributed by atoms with van der Waals surface area (Å²) in [7, 11) is 0. The fourth-order valence-electron chi connectivity index (χ4n) is 5.99. The summed E-state index contributed by atoms with van der Waals surface area (Å²) in [6.07, 6.45) is 5.03. The van der Waals surface area contributed by atoms with Gasteiger partial charge in [0, 0.05) is 23.1 Å². The number of nitrogens with two attached hydrogens (primary N) is 2. The lowest BCUT2D eigenvalue weighted by atomic mass is 9.67. The van der Waals surface area contributed by atoms with E-state index < -0.39 is 61.1 Å². The Morgan fingerprint density at radius 1 is 1.08 bits per heavy atom. The number of rotatable bonds is 20. The minimum Gasteiger partial charge on any atom is -0.447 e. The third kappa shape index (κ3) is 11.5. The molecule has 0 heterocycles. The number of hydrazine groups is 1. The number of para-hydroxylation sites is 1. The summed E-state index contributed by atoms with van der Waals surface area (Å²) < 4.78 is 62.4. The molecule has 0 saturated heterocycles. The van der Waals surface area contributed by atoms with Crippen LogP contribution in [-0.4, -0.2) is 66.7 Å². The number of benzene rings is 2. The summed E-state index contributed by atoms with van der Waals surface area (Å²) in [5.74, 6) is 3.33. The van der Waals surface area contributed by atoms with Crippen LogP contribution >= 0.6 is 11.6 Å². The van der Waals surface area contributed by atoms with Gasteiger partial charge in [0.15, 0.2) is 5.96 Å². The van der Waals surface area contributed by atoms with Gasteiger partial charge in [0.2, 0.25) is 5.91 Å². The Morgan fingerprint density at radius 2 is 1.73 bits per heavy atom. The van der Waals surface area contributed by atoms with Gasteiger partial charge in [-0.2, -0.15) is 27.7 Å². The van der Waals surface area contributed by atoms with Gasteiger partial charge in [0.25, 0.3) is 0 Å². The van der Waals surface area contributed by atoms with Gasteiger partial charge in [-0.05, 0) is 55.8 Å². The first-order valence-corrected chi connectivity index (χ1v) is 17.1. The van der Waals surface area contributed by atoms with Gasteiger partial charge in [-0.3, -0.25) is 31.3 Å². The van der Waals surface area contributed by atoms with E-state index >= 15 is 0 Å². The van der Waals surface area contributed by atoms with Crippen molar-refractivity contribution in [2.45, 2.75) is 85.0 Å². The first-order chi connectivity index (χ1) is 24.7. The number of ether oxygens (including phenoxy) is 1. The predicted molar refractivity (Wildman–Crippen MR) is 198 cm³/mol. The second-order valence-electron chi connectivity index (χ2n) is 12.0. The molecule has 0 bridgehead atoms. The molecule has 0 aromatic heterocycles. The quantitative estimate of drug-likeness (QED) is 0.0202. The molecule has 2 amide bonds. The molecule has 286 valence electrons. The summed E-state index contributed by atoms with van der Waals surface area (Å²) in [5, 5.41) is 15.3. The highest BCUT2D eigenvalue weighted by Crippen LogP contribution is 2.43. The van der Waals surface area contributed by atoms with Gasteiger partial charge < -0.3 is 10.5 Å². The van der Waals surface area contributed by atoms with E-state index in [1.807, 2.05) is 13.8 Å². The van der Waals surface area contributed by atoms with E-state index in [1.54, 1.807) is 56.3 Å². The van der Waals surface area contributed by atoms with Crippen molar-refractivity contribution < 1.29 is 31.9 Å². The fraction of sp³-hybridized carbons (Fsp3) is 0.457. The maximum Gasteiger partial charge on any atom is 0.411 e.